The second-order valence-electron chi connectivity index (χ2n) is 5.69. The van der Waals surface area contributed by atoms with Crippen LogP contribution in [0.25, 0.3) is 0 Å². The van der Waals surface area contributed by atoms with Crippen LogP contribution < -0.4 is 10.6 Å². The maximum Gasteiger partial charge on any atom is 0.407 e. The van der Waals surface area contributed by atoms with Crippen LogP contribution in [0.4, 0.5) is 9.18 Å². The fraction of sp³-hybridized carbons (Fsp3) is 0.467. The van der Waals surface area contributed by atoms with Gasteiger partial charge in [-0.15, -0.1) is 0 Å². The minimum Gasteiger partial charge on any atom is -0.444 e. The number of carbonyl (C=O) groups excluding carboxylic acids is 2. The SMILES string of the molecule is CC(C)(C)OC(=O)NCCC(=O)NCc1ccc(Br)cc1F. The first-order chi connectivity index (χ1) is 10.2. The van der Waals surface area contributed by atoms with Crippen molar-refractivity contribution in [3.05, 3.63) is 34.1 Å². The van der Waals surface area contributed by atoms with Crippen molar-refractivity contribution in [2.45, 2.75) is 39.3 Å². The average molecular weight is 375 g/mol. The molecule has 0 aliphatic rings. The normalized spacial score (nSPS) is 11.0. The van der Waals surface area contributed by atoms with Crippen LogP contribution in [0.5, 0.6) is 0 Å². The smallest absolute Gasteiger partial charge is 0.407 e. The number of benzene rings is 1. The van der Waals surface area contributed by atoms with E-state index >= 15 is 0 Å². The predicted octanol–water partition coefficient (Wildman–Crippen LogP) is 3.12. The van der Waals surface area contributed by atoms with Gasteiger partial charge in [-0.25, -0.2) is 9.18 Å². The molecule has 2 N–H and O–H groups in total. The molecule has 0 radical (unpaired) electrons. The van der Waals surface area contributed by atoms with Crippen molar-refractivity contribution in [1.82, 2.24) is 10.6 Å². The lowest BCUT2D eigenvalue weighted by molar-refractivity contribution is -0.121. The van der Waals surface area contributed by atoms with Crippen molar-refractivity contribution in [1.29, 1.82) is 0 Å². The summed E-state index contributed by atoms with van der Waals surface area (Å²) in [5.41, 5.74) is -0.178. The summed E-state index contributed by atoms with van der Waals surface area (Å²) in [5.74, 6) is -0.667. The van der Waals surface area contributed by atoms with Gasteiger partial charge in [0, 0.05) is 29.5 Å². The summed E-state index contributed by atoms with van der Waals surface area (Å²) in [4.78, 5) is 23.0. The van der Waals surface area contributed by atoms with E-state index in [1.165, 1.54) is 6.07 Å². The first-order valence-electron chi connectivity index (χ1n) is 6.85. The lowest BCUT2D eigenvalue weighted by Gasteiger charge is -2.19. The van der Waals surface area contributed by atoms with Gasteiger partial charge in [0.15, 0.2) is 0 Å². The maximum absolute atomic E-state index is 13.6. The molecule has 0 unspecified atom stereocenters. The second-order valence-corrected chi connectivity index (χ2v) is 6.61. The molecular weight excluding hydrogens is 355 g/mol. The van der Waals surface area contributed by atoms with Crippen LogP contribution in [0, 0.1) is 5.82 Å². The largest absolute Gasteiger partial charge is 0.444 e. The Morgan fingerprint density at radius 2 is 1.95 bits per heavy atom. The first kappa shape index (κ1) is 18.4. The number of carbonyl (C=O) groups is 2. The number of ether oxygens (including phenoxy) is 1. The molecule has 0 bridgehead atoms. The molecule has 0 saturated carbocycles. The van der Waals surface area contributed by atoms with Gasteiger partial charge < -0.3 is 15.4 Å². The molecule has 0 spiro atoms. The standard InChI is InChI=1S/C15H20BrFN2O3/c1-15(2,3)22-14(21)18-7-6-13(20)19-9-10-4-5-11(16)8-12(10)17/h4-5,8H,6-7,9H2,1-3H3,(H,18,21)(H,19,20). The van der Waals surface area contributed by atoms with Gasteiger partial charge in [0.05, 0.1) is 0 Å². The monoisotopic (exact) mass is 374 g/mol. The minimum atomic E-state index is -0.578. The van der Waals surface area contributed by atoms with Crippen LogP contribution in [-0.2, 0) is 16.1 Å². The summed E-state index contributed by atoms with van der Waals surface area (Å²) in [7, 11) is 0. The zero-order valence-electron chi connectivity index (χ0n) is 12.8. The number of hydrogen-bond donors (Lipinski definition) is 2. The van der Waals surface area contributed by atoms with E-state index < -0.39 is 11.7 Å². The molecule has 1 aromatic rings. The molecular formula is C15H20BrFN2O3. The Bertz CT molecular complexity index is 544. The molecule has 7 heteroatoms. The number of amides is 2. The summed E-state index contributed by atoms with van der Waals surface area (Å²) in [6.07, 6.45) is -0.476. The van der Waals surface area contributed by atoms with Gasteiger partial charge in [0.1, 0.15) is 11.4 Å². The Labute approximate surface area is 137 Å². The van der Waals surface area contributed by atoms with E-state index in [0.717, 1.165) is 0 Å². The molecule has 0 aliphatic carbocycles. The highest BCUT2D eigenvalue weighted by Gasteiger charge is 2.15. The van der Waals surface area contributed by atoms with Crippen molar-refractivity contribution in [3.8, 4) is 0 Å². The fourth-order valence-electron chi connectivity index (χ4n) is 1.54. The lowest BCUT2D eigenvalue weighted by atomic mass is 10.2. The molecule has 0 saturated heterocycles. The molecule has 0 fully saturated rings. The van der Waals surface area contributed by atoms with Crippen LogP contribution in [-0.4, -0.2) is 24.1 Å². The summed E-state index contributed by atoms with van der Waals surface area (Å²) in [6.45, 7) is 5.53. The van der Waals surface area contributed by atoms with E-state index in [9.17, 15) is 14.0 Å². The van der Waals surface area contributed by atoms with Crippen molar-refractivity contribution < 1.29 is 18.7 Å². The zero-order chi connectivity index (χ0) is 16.8. The first-order valence-corrected chi connectivity index (χ1v) is 7.64. The maximum atomic E-state index is 13.6. The van der Waals surface area contributed by atoms with Crippen molar-refractivity contribution in [2.75, 3.05) is 6.54 Å². The van der Waals surface area contributed by atoms with E-state index in [1.807, 2.05) is 0 Å². The van der Waals surface area contributed by atoms with Gasteiger partial charge in [0.25, 0.3) is 0 Å². The summed E-state index contributed by atoms with van der Waals surface area (Å²) in [5, 5.41) is 5.08. The predicted molar refractivity (Wildman–Crippen MR) is 84.8 cm³/mol. The number of rotatable bonds is 5. The van der Waals surface area contributed by atoms with Gasteiger partial charge in [-0.2, -0.15) is 0 Å². The van der Waals surface area contributed by atoms with E-state index in [2.05, 4.69) is 26.6 Å². The van der Waals surface area contributed by atoms with E-state index in [0.29, 0.717) is 10.0 Å². The third-order valence-corrected chi connectivity index (χ3v) is 3.00. The molecule has 1 aromatic carbocycles. The Morgan fingerprint density at radius 3 is 2.55 bits per heavy atom. The highest BCUT2D eigenvalue weighted by molar-refractivity contribution is 9.10. The Kier molecular flexibility index (Phi) is 6.80. The van der Waals surface area contributed by atoms with Gasteiger partial charge in [-0.3, -0.25) is 4.79 Å². The summed E-state index contributed by atoms with van der Waals surface area (Å²) >= 11 is 3.17. The van der Waals surface area contributed by atoms with Crippen molar-refractivity contribution >= 4 is 27.9 Å². The highest BCUT2D eigenvalue weighted by atomic mass is 79.9. The molecule has 122 valence electrons. The summed E-state index contributed by atoms with van der Waals surface area (Å²) in [6, 6.07) is 4.64. The number of hydrogen-bond acceptors (Lipinski definition) is 3. The number of alkyl carbamates (subject to hydrolysis) is 1. The molecule has 0 heterocycles. The third-order valence-electron chi connectivity index (χ3n) is 2.51. The molecule has 2 amide bonds. The van der Waals surface area contributed by atoms with Crippen LogP contribution in [0.15, 0.2) is 22.7 Å². The molecule has 0 atom stereocenters. The Hall–Kier alpha value is -1.63. The van der Waals surface area contributed by atoms with Gasteiger partial charge in [-0.1, -0.05) is 22.0 Å². The van der Waals surface area contributed by atoms with Crippen LogP contribution in [0.3, 0.4) is 0 Å². The highest BCUT2D eigenvalue weighted by Crippen LogP contribution is 2.15. The average Bonchev–Trinajstić information content (AvgIpc) is 2.35. The second kappa shape index (κ2) is 8.12. The number of halogens is 2. The zero-order valence-corrected chi connectivity index (χ0v) is 14.4. The van der Waals surface area contributed by atoms with E-state index in [4.69, 9.17) is 4.74 Å². The van der Waals surface area contributed by atoms with Crippen molar-refractivity contribution in [3.63, 3.8) is 0 Å². The van der Waals surface area contributed by atoms with E-state index in [1.54, 1.807) is 32.9 Å². The quantitative estimate of drug-likeness (QED) is 0.831. The number of nitrogens with one attached hydrogen (secondary N) is 2. The van der Waals surface area contributed by atoms with Gasteiger partial charge in [-0.05, 0) is 32.9 Å². The Balaban J connectivity index is 2.28. The van der Waals surface area contributed by atoms with Gasteiger partial charge in [0.2, 0.25) is 5.91 Å². The topological polar surface area (TPSA) is 67.4 Å². The molecule has 5 nitrogen and oxygen atoms in total. The molecule has 22 heavy (non-hydrogen) atoms. The lowest BCUT2D eigenvalue weighted by Crippen LogP contribution is -2.35. The molecule has 1 rings (SSSR count). The molecule has 0 aliphatic heterocycles. The minimum absolute atomic E-state index is 0.0946. The Morgan fingerprint density at radius 1 is 1.27 bits per heavy atom. The van der Waals surface area contributed by atoms with Crippen LogP contribution >= 0.6 is 15.9 Å². The van der Waals surface area contributed by atoms with Gasteiger partial charge >= 0.3 is 6.09 Å². The van der Waals surface area contributed by atoms with E-state index in [-0.39, 0.29) is 31.2 Å². The summed E-state index contributed by atoms with van der Waals surface area (Å²) < 4.78 is 19.2. The van der Waals surface area contributed by atoms with Crippen molar-refractivity contribution in [2.24, 2.45) is 0 Å². The molecule has 0 aromatic heterocycles. The third kappa shape index (κ3) is 7.40. The van der Waals surface area contributed by atoms with Crippen LogP contribution in [0.2, 0.25) is 0 Å². The fourth-order valence-corrected chi connectivity index (χ4v) is 1.87. The van der Waals surface area contributed by atoms with Crippen LogP contribution in [0.1, 0.15) is 32.8 Å².